The highest BCUT2D eigenvalue weighted by molar-refractivity contribution is 6.07. The predicted molar refractivity (Wildman–Crippen MR) is 103 cm³/mol. The van der Waals surface area contributed by atoms with Gasteiger partial charge in [-0.25, -0.2) is 4.79 Å². The van der Waals surface area contributed by atoms with Crippen molar-refractivity contribution in [1.82, 2.24) is 14.8 Å². The van der Waals surface area contributed by atoms with Crippen molar-refractivity contribution in [2.45, 2.75) is 39.2 Å². The molecule has 0 bridgehead atoms. The molecule has 3 heterocycles. The van der Waals surface area contributed by atoms with Gasteiger partial charge in [0, 0.05) is 44.1 Å². The molecular weight excluding hydrogens is 342 g/mol. The van der Waals surface area contributed by atoms with Crippen LogP contribution in [0.25, 0.3) is 10.9 Å². The molecule has 4 rings (SSSR count). The summed E-state index contributed by atoms with van der Waals surface area (Å²) in [5.41, 5.74) is 4.09. The number of fused-ring (bicyclic) bond motifs is 1. The van der Waals surface area contributed by atoms with Crippen LogP contribution in [0.15, 0.2) is 18.2 Å². The molecular formula is C21H25N3O3. The number of carbonyl (C=O) groups is 2. The highest BCUT2D eigenvalue weighted by atomic mass is 16.6. The van der Waals surface area contributed by atoms with Crippen LogP contribution in [-0.4, -0.2) is 59.1 Å². The first-order chi connectivity index (χ1) is 12.8. The van der Waals surface area contributed by atoms with Crippen molar-refractivity contribution >= 4 is 22.9 Å². The van der Waals surface area contributed by atoms with E-state index < -0.39 is 5.60 Å². The van der Waals surface area contributed by atoms with E-state index in [9.17, 15) is 9.59 Å². The number of hydrogen-bond donors (Lipinski definition) is 0. The van der Waals surface area contributed by atoms with E-state index in [1.54, 1.807) is 11.9 Å². The lowest BCUT2D eigenvalue weighted by Crippen LogP contribution is -2.48. The Labute approximate surface area is 159 Å². The van der Waals surface area contributed by atoms with Crippen molar-refractivity contribution in [3.8, 4) is 0 Å². The molecule has 1 aromatic heterocycles. The average molecular weight is 367 g/mol. The Kier molecular flexibility index (Phi) is 4.09. The number of amides is 2. The fourth-order valence-corrected chi connectivity index (χ4v) is 4.20. The Balaban J connectivity index is 1.64. The first-order valence-electron chi connectivity index (χ1n) is 9.41. The van der Waals surface area contributed by atoms with Gasteiger partial charge < -0.3 is 14.5 Å². The summed E-state index contributed by atoms with van der Waals surface area (Å²) in [5.74, 6) is 0.0427. The van der Waals surface area contributed by atoms with Crippen LogP contribution in [0.1, 0.15) is 40.0 Å². The number of ether oxygens (including phenoxy) is 1. The van der Waals surface area contributed by atoms with Crippen LogP contribution in [0, 0.1) is 20.8 Å². The Hall–Kier alpha value is -2.63. The van der Waals surface area contributed by atoms with Crippen LogP contribution in [0.2, 0.25) is 0 Å². The lowest BCUT2D eigenvalue weighted by molar-refractivity contribution is 0.00321. The van der Waals surface area contributed by atoms with Crippen LogP contribution in [-0.2, 0) is 4.74 Å². The van der Waals surface area contributed by atoms with Gasteiger partial charge in [-0.3, -0.25) is 9.78 Å². The summed E-state index contributed by atoms with van der Waals surface area (Å²) in [6, 6.07) is 6.04. The van der Waals surface area contributed by atoms with Gasteiger partial charge in [0.25, 0.3) is 5.91 Å². The molecule has 1 aromatic carbocycles. The molecule has 2 aliphatic heterocycles. The summed E-state index contributed by atoms with van der Waals surface area (Å²) in [4.78, 5) is 33.3. The highest BCUT2D eigenvalue weighted by Gasteiger charge is 2.46. The minimum absolute atomic E-state index is 0.0427. The SMILES string of the molecule is Cc1ccc2nc(C)c(C)c(C(=O)N3CCC4(CC3)CN(C)C(=O)O4)c2c1. The third-order valence-electron chi connectivity index (χ3n) is 5.94. The molecule has 2 amide bonds. The molecule has 1 spiro atoms. The molecule has 0 aliphatic carbocycles. The van der Waals surface area contributed by atoms with E-state index in [4.69, 9.17) is 4.74 Å². The molecule has 2 fully saturated rings. The summed E-state index contributed by atoms with van der Waals surface area (Å²) in [5, 5.41) is 0.912. The van der Waals surface area contributed by atoms with E-state index in [2.05, 4.69) is 4.98 Å². The third-order valence-corrected chi connectivity index (χ3v) is 5.94. The maximum absolute atomic E-state index is 13.4. The molecule has 6 nitrogen and oxygen atoms in total. The van der Waals surface area contributed by atoms with Gasteiger partial charge in [0.15, 0.2) is 0 Å². The summed E-state index contributed by atoms with van der Waals surface area (Å²) >= 11 is 0. The number of carbonyl (C=O) groups excluding carboxylic acids is 2. The summed E-state index contributed by atoms with van der Waals surface area (Å²) < 4.78 is 5.60. The second kappa shape index (κ2) is 6.22. The van der Waals surface area contributed by atoms with E-state index in [0.717, 1.165) is 33.3 Å². The van der Waals surface area contributed by atoms with Gasteiger partial charge >= 0.3 is 6.09 Å². The minimum atomic E-state index is -0.440. The third kappa shape index (κ3) is 2.93. The normalized spacial score (nSPS) is 19.0. The van der Waals surface area contributed by atoms with Gasteiger partial charge in [0.2, 0.25) is 0 Å². The van der Waals surface area contributed by atoms with Crippen LogP contribution in [0.4, 0.5) is 4.79 Å². The molecule has 0 atom stereocenters. The molecule has 0 saturated carbocycles. The second-order valence-electron chi connectivity index (χ2n) is 7.92. The topological polar surface area (TPSA) is 62.7 Å². The van der Waals surface area contributed by atoms with Crippen LogP contribution < -0.4 is 0 Å². The van der Waals surface area contributed by atoms with Gasteiger partial charge in [-0.2, -0.15) is 0 Å². The maximum Gasteiger partial charge on any atom is 0.410 e. The smallest absolute Gasteiger partial charge is 0.410 e. The monoisotopic (exact) mass is 367 g/mol. The Bertz CT molecular complexity index is 945. The maximum atomic E-state index is 13.4. The Morgan fingerprint density at radius 3 is 2.52 bits per heavy atom. The highest BCUT2D eigenvalue weighted by Crippen LogP contribution is 2.34. The fraction of sp³-hybridized carbons (Fsp3) is 0.476. The van der Waals surface area contributed by atoms with E-state index in [1.165, 1.54) is 0 Å². The zero-order valence-corrected chi connectivity index (χ0v) is 16.3. The quantitative estimate of drug-likeness (QED) is 0.776. The average Bonchev–Trinajstić information content (AvgIpc) is 2.90. The van der Waals surface area contributed by atoms with Gasteiger partial charge in [0.1, 0.15) is 5.60 Å². The van der Waals surface area contributed by atoms with Gasteiger partial charge in [-0.1, -0.05) is 11.6 Å². The molecule has 27 heavy (non-hydrogen) atoms. The van der Waals surface area contributed by atoms with Crippen LogP contribution in [0.3, 0.4) is 0 Å². The van der Waals surface area contributed by atoms with Gasteiger partial charge in [0.05, 0.1) is 17.6 Å². The predicted octanol–water partition coefficient (Wildman–Crippen LogP) is 3.22. The van der Waals surface area contributed by atoms with E-state index >= 15 is 0 Å². The Morgan fingerprint density at radius 2 is 1.89 bits per heavy atom. The van der Waals surface area contributed by atoms with Crippen molar-refractivity contribution in [2.24, 2.45) is 0 Å². The number of nitrogens with zero attached hydrogens (tertiary/aromatic N) is 3. The van der Waals surface area contributed by atoms with Crippen molar-refractivity contribution in [3.05, 3.63) is 40.6 Å². The minimum Gasteiger partial charge on any atom is -0.441 e. The molecule has 2 aromatic rings. The number of hydrogen-bond acceptors (Lipinski definition) is 4. The Morgan fingerprint density at radius 1 is 1.19 bits per heavy atom. The van der Waals surface area contributed by atoms with Crippen molar-refractivity contribution in [2.75, 3.05) is 26.7 Å². The number of aromatic nitrogens is 1. The molecule has 6 heteroatoms. The number of aryl methyl sites for hydroxylation is 2. The summed E-state index contributed by atoms with van der Waals surface area (Å²) in [6.07, 6.45) is 1.08. The summed E-state index contributed by atoms with van der Waals surface area (Å²) in [7, 11) is 1.76. The van der Waals surface area contributed by atoms with Crippen molar-refractivity contribution in [1.29, 1.82) is 0 Å². The zero-order valence-electron chi connectivity index (χ0n) is 16.3. The lowest BCUT2D eigenvalue weighted by atomic mass is 9.90. The number of rotatable bonds is 1. The van der Waals surface area contributed by atoms with Crippen molar-refractivity contribution < 1.29 is 14.3 Å². The molecule has 0 N–H and O–H groups in total. The van der Waals surface area contributed by atoms with Crippen LogP contribution in [0.5, 0.6) is 0 Å². The number of pyridine rings is 1. The number of likely N-dealkylation sites (tertiary alicyclic amines) is 1. The first-order valence-corrected chi connectivity index (χ1v) is 9.41. The molecule has 2 aliphatic rings. The molecule has 0 radical (unpaired) electrons. The standard InChI is InChI=1S/C21H25N3O3/c1-13-5-6-17-16(11-13)18(14(2)15(3)22-17)19(25)24-9-7-21(8-10-24)12-23(4)20(26)27-21/h5-6,11H,7-10,12H2,1-4H3. The lowest BCUT2D eigenvalue weighted by Gasteiger charge is -2.37. The first kappa shape index (κ1) is 17.8. The second-order valence-corrected chi connectivity index (χ2v) is 7.92. The van der Waals surface area contributed by atoms with E-state index in [1.807, 2.05) is 43.9 Å². The molecule has 2 saturated heterocycles. The largest absolute Gasteiger partial charge is 0.441 e. The zero-order chi connectivity index (χ0) is 19.3. The summed E-state index contributed by atoms with van der Waals surface area (Å²) in [6.45, 7) is 7.73. The van der Waals surface area contributed by atoms with Crippen molar-refractivity contribution in [3.63, 3.8) is 0 Å². The molecule has 142 valence electrons. The van der Waals surface area contributed by atoms with Gasteiger partial charge in [-0.15, -0.1) is 0 Å². The number of benzene rings is 1. The van der Waals surface area contributed by atoms with E-state index in [0.29, 0.717) is 32.5 Å². The van der Waals surface area contributed by atoms with E-state index in [-0.39, 0.29) is 12.0 Å². The van der Waals surface area contributed by atoms with Gasteiger partial charge in [-0.05, 0) is 38.5 Å². The van der Waals surface area contributed by atoms with Crippen LogP contribution >= 0.6 is 0 Å². The fourth-order valence-electron chi connectivity index (χ4n) is 4.20. The molecule has 0 unspecified atom stereocenters. The number of likely N-dealkylation sites (N-methyl/N-ethyl adjacent to an activating group) is 1. The number of piperidine rings is 1.